The molecule has 1 aromatic rings. The van der Waals surface area contributed by atoms with Gasteiger partial charge in [0.15, 0.2) is 0 Å². The van der Waals surface area contributed by atoms with Crippen molar-refractivity contribution in [3.63, 3.8) is 0 Å². The topological polar surface area (TPSA) is 19.4 Å². The third-order valence-electron chi connectivity index (χ3n) is 4.60. The highest BCUT2D eigenvalue weighted by atomic mass is 32.1. The van der Waals surface area contributed by atoms with E-state index in [9.17, 15) is 0 Å². The van der Waals surface area contributed by atoms with Gasteiger partial charge in [-0.1, -0.05) is 13.8 Å². The van der Waals surface area contributed by atoms with Gasteiger partial charge in [0.2, 0.25) is 0 Å². The van der Waals surface area contributed by atoms with Gasteiger partial charge in [0.05, 0.1) is 10.7 Å². The van der Waals surface area contributed by atoms with E-state index in [0.29, 0.717) is 5.92 Å². The van der Waals surface area contributed by atoms with Crippen LogP contribution in [0.1, 0.15) is 56.2 Å². The minimum absolute atomic E-state index is 0.563. The average Bonchev–Trinajstić information content (AvgIpc) is 3.13. The number of aromatic nitrogens is 1. The largest absolute Gasteiger partial charge is 0.302 e. The summed E-state index contributed by atoms with van der Waals surface area (Å²) in [4.78, 5) is 10.1. The van der Waals surface area contributed by atoms with Crippen LogP contribution in [0.3, 0.4) is 0 Å². The lowest BCUT2D eigenvalue weighted by molar-refractivity contribution is 0.184. The van der Waals surface area contributed by atoms with Crippen LogP contribution in [0.15, 0.2) is 5.38 Å². The normalized spacial score (nSPS) is 25.1. The van der Waals surface area contributed by atoms with Crippen LogP contribution >= 0.6 is 11.3 Å². The summed E-state index contributed by atoms with van der Waals surface area (Å²) in [7, 11) is 0. The lowest BCUT2D eigenvalue weighted by Gasteiger charge is -2.27. The molecule has 4 heteroatoms. The van der Waals surface area contributed by atoms with E-state index in [0.717, 1.165) is 12.6 Å². The van der Waals surface area contributed by atoms with E-state index >= 15 is 0 Å². The first-order chi connectivity index (χ1) is 9.72. The predicted molar refractivity (Wildman–Crippen MR) is 85.3 cm³/mol. The van der Waals surface area contributed by atoms with Crippen LogP contribution in [-0.4, -0.2) is 47.0 Å². The molecule has 0 amide bonds. The molecule has 0 aliphatic carbocycles. The second-order valence-electron chi connectivity index (χ2n) is 6.61. The van der Waals surface area contributed by atoms with Crippen LogP contribution in [-0.2, 0) is 6.54 Å². The third kappa shape index (κ3) is 3.41. The molecule has 1 atom stereocenters. The zero-order chi connectivity index (χ0) is 13.9. The summed E-state index contributed by atoms with van der Waals surface area (Å²) < 4.78 is 0. The Morgan fingerprint density at radius 1 is 1.25 bits per heavy atom. The first-order valence-electron chi connectivity index (χ1n) is 8.13. The SMILES string of the molecule is CC(C)c1nc(CN2CCC[C@@H]2CN2CCCC2)cs1. The standard InChI is InChI=1S/C16H27N3S/c1-13(2)16-17-14(12-20-16)10-19-9-5-6-15(19)11-18-7-3-4-8-18/h12-13,15H,3-11H2,1-2H3/t15-/m1/s1. The number of nitrogens with zero attached hydrogens (tertiary/aromatic N) is 3. The lowest BCUT2D eigenvalue weighted by atomic mass is 10.2. The van der Waals surface area contributed by atoms with Crippen molar-refractivity contribution in [3.8, 4) is 0 Å². The van der Waals surface area contributed by atoms with Gasteiger partial charge in [-0.3, -0.25) is 4.90 Å². The molecule has 0 aromatic carbocycles. The predicted octanol–water partition coefficient (Wildman–Crippen LogP) is 3.33. The quantitative estimate of drug-likeness (QED) is 0.830. The van der Waals surface area contributed by atoms with Crippen molar-refractivity contribution in [1.29, 1.82) is 0 Å². The van der Waals surface area contributed by atoms with Crippen LogP contribution in [0.4, 0.5) is 0 Å². The molecule has 3 rings (SSSR count). The van der Waals surface area contributed by atoms with E-state index in [1.54, 1.807) is 0 Å². The molecule has 2 fully saturated rings. The van der Waals surface area contributed by atoms with Crippen LogP contribution in [0, 0.1) is 0 Å². The van der Waals surface area contributed by atoms with Crippen molar-refractivity contribution in [1.82, 2.24) is 14.8 Å². The van der Waals surface area contributed by atoms with Gasteiger partial charge in [-0.15, -0.1) is 11.3 Å². The molecule has 0 N–H and O–H groups in total. The van der Waals surface area contributed by atoms with Crippen molar-refractivity contribution in [2.24, 2.45) is 0 Å². The fraction of sp³-hybridized carbons (Fsp3) is 0.812. The Balaban J connectivity index is 1.57. The Hall–Kier alpha value is -0.450. The van der Waals surface area contributed by atoms with Gasteiger partial charge in [-0.2, -0.15) is 0 Å². The van der Waals surface area contributed by atoms with Gasteiger partial charge in [0.25, 0.3) is 0 Å². The first-order valence-corrected chi connectivity index (χ1v) is 9.01. The lowest BCUT2D eigenvalue weighted by Crippen LogP contribution is -2.38. The summed E-state index contributed by atoms with van der Waals surface area (Å²) in [5, 5.41) is 3.55. The van der Waals surface area contributed by atoms with E-state index in [2.05, 4.69) is 29.0 Å². The van der Waals surface area contributed by atoms with Gasteiger partial charge >= 0.3 is 0 Å². The maximum absolute atomic E-state index is 4.80. The summed E-state index contributed by atoms with van der Waals surface area (Å²) >= 11 is 1.83. The molecule has 0 bridgehead atoms. The molecular weight excluding hydrogens is 266 g/mol. The third-order valence-corrected chi connectivity index (χ3v) is 5.79. The zero-order valence-corrected chi connectivity index (χ0v) is 13.7. The van der Waals surface area contributed by atoms with Gasteiger partial charge < -0.3 is 4.90 Å². The van der Waals surface area contributed by atoms with Crippen molar-refractivity contribution < 1.29 is 0 Å². The highest BCUT2D eigenvalue weighted by molar-refractivity contribution is 7.09. The minimum atomic E-state index is 0.563. The fourth-order valence-corrected chi connectivity index (χ4v) is 4.27. The molecule has 0 radical (unpaired) electrons. The molecule has 20 heavy (non-hydrogen) atoms. The summed E-state index contributed by atoms with van der Waals surface area (Å²) in [6.45, 7) is 10.7. The van der Waals surface area contributed by atoms with Gasteiger partial charge in [0.1, 0.15) is 0 Å². The maximum Gasteiger partial charge on any atom is 0.0954 e. The Morgan fingerprint density at radius 3 is 2.75 bits per heavy atom. The Labute approximate surface area is 127 Å². The molecular formula is C16H27N3S. The van der Waals surface area contributed by atoms with E-state index in [-0.39, 0.29) is 0 Å². The van der Waals surface area contributed by atoms with Crippen LogP contribution < -0.4 is 0 Å². The number of thiazole rings is 1. The second-order valence-corrected chi connectivity index (χ2v) is 7.50. The molecule has 2 aliphatic rings. The molecule has 3 heterocycles. The highest BCUT2D eigenvalue weighted by Crippen LogP contribution is 2.25. The van der Waals surface area contributed by atoms with Crippen LogP contribution in [0.2, 0.25) is 0 Å². The van der Waals surface area contributed by atoms with Crippen molar-refractivity contribution in [2.45, 2.75) is 58.0 Å². The Bertz CT molecular complexity index is 423. The Kier molecular flexibility index (Phi) is 4.74. The van der Waals surface area contributed by atoms with Crippen LogP contribution in [0.5, 0.6) is 0 Å². The number of hydrogen-bond donors (Lipinski definition) is 0. The highest BCUT2D eigenvalue weighted by Gasteiger charge is 2.27. The van der Waals surface area contributed by atoms with Gasteiger partial charge in [0, 0.05) is 30.4 Å². The first kappa shape index (κ1) is 14.5. The van der Waals surface area contributed by atoms with Crippen molar-refractivity contribution in [2.75, 3.05) is 26.2 Å². The molecule has 3 nitrogen and oxygen atoms in total. The van der Waals surface area contributed by atoms with E-state index in [1.807, 2.05) is 11.3 Å². The summed E-state index contributed by atoms with van der Waals surface area (Å²) in [6, 6.07) is 0.761. The fourth-order valence-electron chi connectivity index (χ4n) is 3.44. The molecule has 0 saturated carbocycles. The molecule has 2 aliphatic heterocycles. The van der Waals surface area contributed by atoms with E-state index in [1.165, 1.54) is 62.6 Å². The molecule has 0 unspecified atom stereocenters. The molecule has 2 saturated heterocycles. The molecule has 0 spiro atoms. The van der Waals surface area contributed by atoms with E-state index in [4.69, 9.17) is 4.98 Å². The van der Waals surface area contributed by atoms with Crippen LogP contribution in [0.25, 0.3) is 0 Å². The molecule has 1 aromatic heterocycles. The van der Waals surface area contributed by atoms with Gasteiger partial charge in [-0.05, 0) is 45.3 Å². The van der Waals surface area contributed by atoms with E-state index < -0.39 is 0 Å². The second kappa shape index (κ2) is 6.54. The van der Waals surface area contributed by atoms with Crippen molar-refractivity contribution >= 4 is 11.3 Å². The smallest absolute Gasteiger partial charge is 0.0954 e. The average molecular weight is 293 g/mol. The zero-order valence-electron chi connectivity index (χ0n) is 12.8. The summed E-state index contributed by atoms with van der Waals surface area (Å²) in [5.41, 5.74) is 1.28. The molecule has 112 valence electrons. The van der Waals surface area contributed by atoms with Gasteiger partial charge in [-0.25, -0.2) is 4.98 Å². The maximum atomic E-state index is 4.80. The summed E-state index contributed by atoms with van der Waals surface area (Å²) in [5.74, 6) is 0.563. The number of likely N-dealkylation sites (tertiary alicyclic amines) is 2. The number of rotatable bonds is 5. The van der Waals surface area contributed by atoms with Crippen molar-refractivity contribution in [3.05, 3.63) is 16.1 Å². The monoisotopic (exact) mass is 293 g/mol. The Morgan fingerprint density at radius 2 is 2.05 bits per heavy atom. The number of hydrogen-bond acceptors (Lipinski definition) is 4. The summed E-state index contributed by atoms with van der Waals surface area (Å²) in [6.07, 6.45) is 5.53. The minimum Gasteiger partial charge on any atom is -0.302 e.